The van der Waals surface area contributed by atoms with Gasteiger partial charge in [0, 0.05) is 17.2 Å². The van der Waals surface area contributed by atoms with Crippen molar-refractivity contribution in [2.75, 3.05) is 14.2 Å². The number of aromatic hydroxyl groups is 1. The summed E-state index contributed by atoms with van der Waals surface area (Å²) in [6.07, 6.45) is 5.14. The van der Waals surface area contributed by atoms with Crippen LogP contribution < -0.4 is 9.47 Å². The molecular formula is C20H22O4. The summed E-state index contributed by atoms with van der Waals surface area (Å²) < 4.78 is 10.8. The number of ether oxygens (including phenoxy) is 2. The predicted octanol–water partition coefficient (Wildman–Crippen LogP) is 4.26. The molecular weight excluding hydrogens is 304 g/mol. The second-order valence-electron chi connectivity index (χ2n) is 5.40. The summed E-state index contributed by atoms with van der Waals surface area (Å²) in [5, 5.41) is 9.29. The van der Waals surface area contributed by atoms with Crippen LogP contribution in [-0.2, 0) is 6.42 Å². The first kappa shape index (κ1) is 17.6. The first-order valence-electron chi connectivity index (χ1n) is 7.85. The molecule has 0 fully saturated rings. The SMILES string of the molecule is CCCc1cc(/C=C/C(=O)c2ccc(O)cc2)c(OC)cc1OC. The van der Waals surface area contributed by atoms with Gasteiger partial charge in [-0.15, -0.1) is 0 Å². The third-order valence-electron chi connectivity index (χ3n) is 3.72. The topological polar surface area (TPSA) is 55.8 Å². The number of hydrogen-bond acceptors (Lipinski definition) is 4. The first-order chi connectivity index (χ1) is 11.6. The third kappa shape index (κ3) is 4.16. The summed E-state index contributed by atoms with van der Waals surface area (Å²) in [5.41, 5.74) is 2.43. The highest BCUT2D eigenvalue weighted by atomic mass is 16.5. The van der Waals surface area contributed by atoms with Gasteiger partial charge in [-0.2, -0.15) is 0 Å². The maximum atomic E-state index is 12.2. The molecule has 0 unspecified atom stereocenters. The fourth-order valence-corrected chi connectivity index (χ4v) is 2.47. The zero-order chi connectivity index (χ0) is 17.5. The Balaban J connectivity index is 2.31. The van der Waals surface area contributed by atoms with E-state index in [1.54, 1.807) is 32.4 Å². The molecule has 2 aromatic carbocycles. The molecule has 0 spiro atoms. The summed E-state index contributed by atoms with van der Waals surface area (Å²) in [6, 6.07) is 10.0. The van der Waals surface area contributed by atoms with Gasteiger partial charge in [0.05, 0.1) is 14.2 Å². The number of carbonyl (C=O) groups excluding carboxylic acids is 1. The van der Waals surface area contributed by atoms with E-state index in [9.17, 15) is 9.90 Å². The number of aryl methyl sites for hydroxylation is 1. The van der Waals surface area contributed by atoms with Crippen LogP contribution in [0.5, 0.6) is 17.2 Å². The average Bonchev–Trinajstić information content (AvgIpc) is 2.60. The summed E-state index contributed by atoms with van der Waals surface area (Å²) in [4.78, 5) is 12.2. The van der Waals surface area contributed by atoms with Crippen LogP contribution in [0, 0.1) is 0 Å². The van der Waals surface area contributed by atoms with Crippen LogP contribution in [0.3, 0.4) is 0 Å². The molecule has 0 atom stereocenters. The molecule has 0 saturated heterocycles. The van der Waals surface area contributed by atoms with Crippen LogP contribution in [0.25, 0.3) is 6.08 Å². The van der Waals surface area contributed by atoms with Crippen molar-refractivity contribution in [3.05, 3.63) is 59.2 Å². The van der Waals surface area contributed by atoms with Gasteiger partial charge in [0.1, 0.15) is 17.2 Å². The van der Waals surface area contributed by atoms with E-state index in [0.717, 1.165) is 29.7 Å². The largest absolute Gasteiger partial charge is 0.508 e. The minimum Gasteiger partial charge on any atom is -0.508 e. The number of methoxy groups -OCH3 is 2. The monoisotopic (exact) mass is 326 g/mol. The molecule has 0 saturated carbocycles. The van der Waals surface area contributed by atoms with Gasteiger partial charge in [0.2, 0.25) is 0 Å². The highest BCUT2D eigenvalue weighted by Crippen LogP contribution is 2.31. The molecule has 0 heterocycles. The Morgan fingerprint density at radius 3 is 2.33 bits per heavy atom. The van der Waals surface area contributed by atoms with E-state index in [1.165, 1.54) is 18.2 Å². The Morgan fingerprint density at radius 1 is 1.08 bits per heavy atom. The fraction of sp³-hybridized carbons (Fsp3) is 0.250. The molecule has 24 heavy (non-hydrogen) atoms. The molecule has 0 aromatic heterocycles. The second kappa shape index (κ2) is 8.20. The summed E-state index contributed by atoms with van der Waals surface area (Å²) >= 11 is 0. The van der Waals surface area contributed by atoms with E-state index in [0.29, 0.717) is 11.3 Å². The van der Waals surface area contributed by atoms with Crippen LogP contribution in [0.2, 0.25) is 0 Å². The van der Waals surface area contributed by atoms with Crippen LogP contribution in [0.1, 0.15) is 34.8 Å². The molecule has 0 aliphatic heterocycles. The molecule has 1 N–H and O–H groups in total. The van der Waals surface area contributed by atoms with Crippen LogP contribution in [0.4, 0.5) is 0 Å². The minimum absolute atomic E-state index is 0.134. The van der Waals surface area contributed by atoms with E-state index in [4.69, 9.17) is 9.47 Å². The van der Waals surface area contributed by atoms with Gasteiger partial charge in [-0.25, -0.2) is 0 Å². The second-order valence-corrected chi connectivity index (χ2v) is 5.40. The standard InChI is InChI=1S/C20H22O4/c1-4-5-15-12-16(20(24-3)13-19(15)23-2)8-11-18(22)14-6-9-17(21)10-7-14/h6-13,21H,4-5H2,1-3H3/b11-8+. The summed E-state index contributed by atoms with van der Waals surface area (Å²) in [6.45, 7) is 2.10. The van der Waals surface area contributed by atoms with Crippen LogP contribution >= 0.6 is 0 Å². The Labute approximate surface area is 142 Å². The van der Waals surface area contributed by atoms with Crippen molar-refractivity contribution in [3.63, 3.8) is 0 Å². The fourth-order valence-electron chi connectivity index (χ4n) is 2.47. The van der Waals surface area contributed by atoms with Crippen molar-refractivity contribution in [3.8, 4) is 17.2 Å². The quantitative estimate of drug-likeness (QED) is 0.610. The molecule has 0 amide bonds. The highest BCUT2D eigenvalue weighted by Gasteiger charge is 2.10. The van der Waals surface area contributed by atoms with Gasteiger partial charge in [0.15, 0.2) is 5.78 Å². The van der Waals surface area contributed by atoms with Crippen molar-refractivity contribution in [1.82, 2.24) is 0 Å². The number of phenolic OH excluding ortho intramolecular Hbond substituents is 1. The van der Waals surface area contributed by atoms with Crippen molar-refractivity contribution in [2.24, 2.45) is 0 Å². The zero-order valence-corrected chi connectivity index (χ0v) is 14.2. The Bertz CT molecular complexity index is 730. The Hall–Kier alpha value is -2.75. The predicted molar refractivity (Wildman–Crippen MR) is 95.0 cm³/mol. The smallest absolute Gasteiger partial charge is 0.185 e. The molecule has 2 aromatic rings. The van der Waals surface area contributed by atoms with E-state index in [2.05, 4.69) is 6.92 Å². The summed E-state index contributed by atoms with van der Waals surface area (Å²) in [5.74, 6) is 1.44. The Morgan fingerprint density at radius 2 is 1.75 bits per heavy atom. The van der Waals surface area contributed by atoms with Gasteiger partial charge in [-0.05, 0) is 54.5 Å². The maximum Gasteiger partial charge on any atom is 0.185 e. The lowest BCUT2D eigenvalue weighted by Crippen LogP contribution is -1.97. The molecule has 2 rings (SSSR count). The lowest BCUT2D eigenvalue weighted by atomic mass is 10.0. The van der Waals surface area contributed by atoms with E-state index < -0.39 is 0 Å². The minimum atomic E-state index is -0.134. The van der Waals surface area contributed by atoms with E-state index in [1.807, 2.05) is 12.1 Å². The van der Waals surface area contributed by atoms with E-state index in [-0.39, 0.29) is 11.5 Å². The summed E-state index contributed by atoms with van der Waals surface area (Å²) in [7, 11) is 3.23. The number of benzene rings is 2. The van der Waals surface area contributed by atoms with Gasteiger partial charge in [-0.3, -0.25) is 4.79 Å². The number of rotatable bonds is 7. The van der Waals surface area contributed by atoms with Crippen LogP contribution in [-0.4, -0.2) is 25.1 Å². The molecule has 4 nitrogen and oxygen atoms in total. The van der Waals surface area contributed by atoms with Crippen molar-refractivity contribution >= 4 is 11.9 Å². The molecule has 0 bridgehead atoms. The van der Waals surface area contributed by atoms with Gasteiger partial charge in [0.25, 0.3) is 0 Å². The molecule has 0 radical (unpaired) electrons. The van der Waals surface area contributed by atoms with Gasteiger partial charge >= 0.3 is 0 Å². The number of hydrogen-bond donors (Lipinski definition) is 1. The maximum absolute atomic E-state index is 12.2. The average molecular weight is 326 g/mol. The highest BCUT2D eigenvalue weighted by molar-refractivity contribution is 6.07. The normalized spacial score (nSPS) is 10.8. The molecule has 0 aliphatic rings. The molecule has 126 valence electrons. The lowest BCUT2D eigenvalue weighted by Gasteiger charge is -2.12. The van der Waals surface area contributed by atoms with Crippen molar-refractivity contribution in [1.29, 1.82) is 0 Å². The van der Waals surface area contributed by atoms with Crippen molar-refractivity contribution in [2.45, 2.75) is 19.8 Å². The van der Waals surface area contributed by atoms with Gasteiger partial charge < -0.3 is 14.6 Å². The number of allylic oxidation sites excluding steroid dienone is 1. The number of phenols is 1. The number of carbonyl (C=O) groups is 1. The van der Waals surface area contributed by atoms with E-state index >= 15 is 0 Å². The van der Waals surface area contributed by atoms with Crippen LogP contribution in [0.15, 0.2) is 42.5 Å². The number of ketones is 1. The Kier molecular flexibility index (Phi) is 6.01. The third-order valence-corrected chi connectivity index (χ3v) is 3.72. The zero-order valence-electron chi connectivity index (χ0n) is 14.2. The van der Waals surface area contributed by atoms with Crippen molar-refractivity contribution < 1.29 is 19.4 Å². The lowest BCUT2D eigenvalue weighted by molar-refractivity contribution is 0.104. The van der Waals surface area contributed by atoms with Gasteiger partial charge in [-0.1, -0.05) is 13.3 Å². The molecule has 0 aliphatic carbocycles. The first-order valence-corrected chi connectivity index (χ1v) is 7.85. The molecule has 4 heteroatoms.